The van der Waals surface area contributed by atoms with E-state index in [2.05, 4.69) is 20.0 Å². The molecule has 1 aliphatic heterocycles. The number of rotatable bonds is 3. The van der Waals surface area contributed by atoms with E-state index in [1.807, 2.05) is 12.3 Å². The van der Waals surface area contributed by atoms with Crippen LogP contribution in [0.3, 0.4) is 0 Å². The van der Waals surface area contributed by atoms with Gasteiger partial charge in [-0.25, -0.2) is 9.67 Å². The van der Waals surface area contributed by atoms with Crippen molar-refractivity contribution in [2.24, 2.45) is 7.05 Å². The van der Waals surface area contributed by atoms with Crippen molar-refractivity contribution in [3.63, 3.8) is 0 Å². The van der Waals surface area contributed by atoms with Gasteiger partial charge in [0.1, 0.15) is 0 Å². The molecular formula is C15H19N7OS. The molecule has 1 unspecified atom stereocenters. The van der Waals surface area contributed by atoms with Gasteiger partial charge in [-0.15, -0.1) is 11.3 Å². The molecule has 2 N–H and O–H groups in total. The third kappa shape index (κ3) is 2.49. The molecule has 0 bridgehead atoms. The second kappa shape index (κ2) is 5.67. The minimum atomic E-state index is -0.0234. The lowest BCUT2D eigenvalue weighted by molar-refractivity contribution is 0.237. The lowest BCUT2D eigenvalue weighted by Crippen LogP contribution is -2.26. The number of aryl methyl sites for hydroxylation is 2. The Morgan fingerprint density at radius 3 is 3.00 bits per heavy atom. The first-order valence-corrected chi connectivity index (χ1v) is 8.78. The molecule has 1 fully saturated rings. The predicted molar refractivity (Wildman–Crippen MR) is 91.9 cm³/mol. The molecule has 4 heterocycles. The summed E-state index contributed by atoms with van der Waals surface area (Å²) in [5, 5.41) is 6.36. The summed E-state index contributed by atoms with van der Waals surface area (Å²) >= 11 is 1.49. The van der Waals surface area contributed by atoms with E-state index >= 15 is 0 Å². The fraction of sp³-hybridized carbons (Fsp3) is 0.467. The first kappa shape index (κ1) is 15.3. The van der Waals surface area contributed by atoms with Gasteiger partial charge in [0.15, 0.2) is 10.8 Å². The molecule has 4 rings (SSSR count). The number of nitrogens with two attached hydrogens (primary N) is 1. The summed E-state index contributed by atoms with van der Waals surface area (Å²) in [6.45, 7) is 3.47. The Labute approximate surface area is 142 Å². The molecular weight excluding hydrogens is 326 g/mol. The van der Waals surface area contributed by atoms with E-state index in [4.69, 9.17) is 5.73 Å². The quantitative estimate of drug-likeness (QED) is 0.764. The maximum Gasteiger partial charge on any atom is 0.259 e. The van der Waals surface area contributed by atoms with Crippen molar-refractivity contribution in [1.29, 1.82) is 0 Å². The normalized spacial score (nSPS) is 18.7. The number of hydrogen-bond donors (Lipinski definition) is 1. The molecule has 0 aliphatic carbocycles. The lowest BCUT2D eigenvalue weighted by atomic mass is 10.2. The fourth-order valence-electron chi connectivity index (χ4n) is 3.26. The van der Waals surface area contributed by atoms with E-state index in [-0.39, 0.29) is 11.6 Å². The Morgan fingerprint density at radius 1 is 1.42 bits per heavy atom. The molecule has 1 aliphatic rings. The molecule has 0 saturated carbocycles. The Morgan fingerprint density at radius 2 is 2.25 bits per heavy atom. The molecule has 8 nitrogen and oxygen atoms in total. The third-order valence-electron chi connectivity index (χ3n) is 4.47. The van der Waals surface area contributed by atoms with Crippen LogP contribution in [0.5, 0.6) is 0 Å². The second-order valence-electron chi connectivity index (χ2n) is 6.16. The van der Waals surface area contributed by atoms with Crippen molar-refractivity contribution in [3.05, 3.63) is 39.0 Å². The standard InChI is InChI=1S/C15H19N7OS/c1-9-8-24-15-17-10(6-12(23)22(9)15)7-21-5-3-4-11(21)13-18-14(16)20(2)19-13/h6,8,11H,3-5,7H2,1-2H3,(H2,16,18,19). The van der Waals surface area contributed by atoms with Crippen molar-refractivity contribution < 1.29 is 0 Å². The van der Waals surface area contributed by atoms with Crippen molar-refractivity contribution >= 4 is 22.2 Å². The summed E-state index contributed by atoms with van der Waals surface area (Å²) in [5.41, 5.74) is 7.49. The number of likely N-dealkylation sites (tertiary alicyclic amines) is 1. The van der Waals surface area contributed by atoms with Crippen LogP contribution in [0.4, 0.5) is 5.95 Å². The molecule has 3 aromatic heterocycles. The topological polar surface area (TPSA) is 94.3 Å². The molecule has 0 radical (unpaired) electrons. The molecule has 9 heteroatoms. The van der Waals surface area contributed by atoms with Crippen molar-refractivity contribution in [3.8, 4) is 0 Å². The summed E-state index contributed by atoms with van der Waals surface area (Å²) in [6.07, 6.45) is 2.06. The van der Waals surface area contributed by atoms with Gasteiger partial charge in [0.2, 0.25) is 5.95 Å². The van der Waals surface area contributed by atoms with Gasteiger partial charge in [0.05, 0.1) is 11.7 Å². The maximum atomic E-state index is 12.3. The van der Waals surface area contributed by atoms with Gasteiger partial charge in [-0.1, -0.05) is 0 Å². The van der Waals surface area contributed by atoms with Gasteiger partial charge in [-0.2, -0.15) is 10.1 Å². The number of thiazole rings is 1. The van der Waals surface area contributed by atoms with Crippen LogP contribution in [0, 0.1) is 6.92 Å². The van der Waals surface area contributed by atoms with Crippen LogP contribution in [-0.4, -0.2) is 35.6 Å². The van der Waals surface area contributed by atoms with Crippen LogP contribution in [0.25, 0.3) is 4.96 Å². The minimum absolute atomic E-state index is 0.0234. The zero-order chi connectivity index (χ0) is 16.8. The van der Waals surface area contributed by atoms with Crippen LogP contribution >= 0.6 is 11.3 Å². The van der Waals surface area contributed by atoms with Crippen LogP contribution in [-0.2, 0) is 13.6 Å². The Hall–Kier alpha value is -2.26. The number of aromatic nitrogens is 5. The lowest BCUT2D eigenvalue weighted by Gasteiger charge is -2.21. The van der Waals surface area contributed by atoms with E-state index in [1.165, 1.54) is 11.3 Å². The summed E-state index contributed by atoms with van der Waals surface area (Å²) in [6, 6.07) is 1.75. The van der Waals surface area contributed by atoms with E-state index in [0.29, 0.717) is 12.5 Å². The maximum absolute atomic E-state index is 12.3. The Kier molecular flexibility index (Phi) is 3.61. The second-order valence-corrected chi connectivity index (χ2v) is 7.00. The largest absolute Gasteiger partial charge is 0.368 e. The first-order valence-electron chi connectivity index (χ1n) is 7.90. The van der Waals surface area contributed by atoms with Crippen LogP contribution < -0.4 is 11.3 Å². The van der Waals surface area contributed by atoms with Gasteiger partial charge in [-0.05, 0) is 26.3 Å². The van der Waals surface area contributed by atoms with Gasteiger partial charge in [0.25, 0.3) is 5.56 Å². The van der Waals surface area contributed by atoms with Crippen molar-refractivity contribution in [2.75, 3.05) is 12.3 Å². The van der Waals surface area contributed by atoms with Crippen LogP contribution in [0.2, 0.25) is 0 Å². The molecule has 0 amide bonds. The zero-order valence-electron chi connectivity index (χ0n) is 13.6. The monoisotopic (exact) mass is 345 g/mol. The minimum Gasteiger partial charge on any atom is -0.368 e. The first-order chi connectivity index (χ1) is 11.5. The number of hydrogen-bond acceptors (Lipinski definition) is 7. The average molecular weight is 345 g/mol. The highest BCUT2D eigenvalue weighted by Gasteiger charge is 2.30. The highest BCUT2D eigenvalue weighted by Crippen LogP contribution is 2.31. The van der Waals surface area contributed by atoms with Crippen molar-refractivity contribution in [1.82, 2.24) is 29.0 Å². The zero-order valence-corrected chi connectivity index (χ0v) is 14.5. The molecule has 0 spiro atoms. The van der Waals surface area contributed by atoms with Gasteiger partial charge in [-0.3, -0.25) is 14.1 Å². The number of anilines is 1. The van der Waals surface area contributed by atoms with Crippen molar-refractivity contribution in [2.45, 2.75) is 32.4 Å². The number of nitrogens with zero attached hydrogens (tertiary/aromatic N) is 6. The van der Waals surface area contributed by atoms with Gasteiger partial charge in [0, 0.05) is 30.7 Å². The molecule has 1 atom stereocenters. The highest BCUT2D eigenvalue weighted by molar-refractivity contribution is 7.15. The molecule has 126 valence electrons. The number of nitrogen functional groups attached to an aromatic ring is 1. The van der Waals surface area contributed by atoms with E-state index < -0.39 is 0 Å². The molecule has 1 saturated heterocycles. The fourth-order valence-corrected chi connectivity index (χ4v) is 4.15. The third-order valence-corrected chi connectivity index (χ3v) is 5.41. The smallest absolute Gasteiger partial charge is 0.259 e. The molecule has 3 aromatic rings. The molecule has 24 heavy (non-hydrogen) atoms. The van der Waals surface area contributed by atoms with E-state index in [0.717, 1.165) is 41.6 Å². The van der Waals surface area contributed by atoms with E-state index in [9.17, 15) is 4.79 Å². The summed E-state index contributed by atoms with van der Waals surface area (Å²) in [7, 11) is 1.79. The van der Waals surface area contributed by atoms with Crippen LogP contribution in [0.15, 0.2) is 16.2 Å². The van der Waals surface area contributed by atoms with Crippen LogP contribution in [0.1, 0.15) is 36.1 Å². The Bertz CT molecular complexity index is 937. The van der Waals surface area contributed by atoms with Gasteiger partial charge < -0.3 is 5.73 Å². The summed E-state index contributed by atoms with van der Waals surface area (Å²) in [5.74, 6) is 1.17. The average Bonchev–Trinajstić information content (AvgIpc) is 3.21. The van der Waals surface area contributed by atoms with Gasteiger partial charge >= 0.3 is 0 Å². The predicted octanol–water partition coefficient (Wildman–Crippen LogP) is 1.11. The summed E-state index contributed by atoms with van der Waals surface area (Å²) in [4.78, 5) is 24.3. The SMILES string of the molecule is Cc1csc2nc(CN3CCCC3c3nc(N)n(C)n3)cc(=O)n12. The Balaban J connectivity index is 1.63. The highest BCUT2D eigenvalue weighted by atomic mass is 32.1. The van der Waals surface area contributed by atoms with E-state index in [1.54, 1.807) is 22.2 Å². The number of fused-ring (bicyclic) bond motifs is 1. The molecule has 0 aromatic carbocycles. The summed E-state index contributed by atoms with van der Waals surface area (Å²) < 4.78 is 3.24.